The van der Waals surface area contributed by atoms with Crippen molar-refractivity contribution in [1.29, 1.82) is 0 Å². The number of β-amino-alcohol motifs (C(OH)–C–C–N with tert-alkyl or cyclic N) is 1. The maximum atomic E-state index is 11.9. The fourth-order valence-corrected chi connectivity index (χ4v) is 2.34. The standard InChI is InChI=1S/C13H23NO4/c1-10(16)5-3-2-4-6-13(18)14-8-12(17)7-11(14)9-15/h11-12,15,17H,2-9H2,1H3/t11-,12?/m0/s1. The van der Waals surface area contributed by atoms with Gasteiger partial charge in [0.2, 0.25) is 5.91 Å². The van der Waals surface area contributed by atoms with Crippen molar-refractivity contribution in [2.45, 2.75) is 57.6 Å². The highest BCUT2D eigenvalue weighted by atomic mass is 16.3. The van der Waals surface area contributed by atoms with Crippen LogP contribution in [0.15, 0.2) is 0 Å². The number of unbranched alkanes of at least 4 members (excludes halogenated alkanes) is 2. The van der Waals surface area contributed by atoms with Crippen LogP contribution in [-0.2, 0) is 9.59 Å². The summed E-state index contributed by atoms with van der Waals surface area (Å²) in [6, 6.07) is -0.232. The maximum absolute atomic E-state index is 11.9. The molecule has 18 heavy (non-hydrogen) atoms. The molecule has 0 aliphatic carbocycles. The molecule has 1 aliphatic heterocycles. The van der Waals surface area contributed by atoms with E-state index in [9.17, 15) is 14.7 Å². The van der Waals surface area contributed by atoms with E-state index in [1.807, 2.05) is 0 Å². The molecule has 1 heterocycles. The maximum Gasteiger partial charge on any atom is 0.222 e. The van der Waals surface area contributed by atoms with E-state index < -0.39 is 6.10 Å². The first-order valence-corrected chi connectivity index (χ1v) is 6.62. The molecule has 0 aromatic heterocycles. The molecule has 0 saturated carbocycles. The zero-order valence-electron chi connectivity index (χ0n) is 11.0. The molecule has 1 aliphatic rings. The number of amides is 1. The average molecular weight is 257 g/mol. The largest absolute Gasteiger partial charge is 0.394 e. The van der Waals surface area contributed by atoms with Gasteiger partial charge < -0.3 is 19.9 Å². The monoisotopic (exact) mass is 257 g/mol. The third kappa shape index (κ3) is 4.74. The lowest BCUT2D eigenvalue weighted by Gasteiger charge is -2.22. The third-order valence-corrected chi connectivity index (χ3v) is 3.34. The molecule has 0 bridgehead atoms. The molecule has 0 aromatic carbocycles. The lowest BCUT2D eigenvalue weighted by Crippen LogP contribution is -2.37. The van der Waals surface area contributed by atoms with Gasteiger partial charge >= 0.3 is 0 Å². The lowest BCUT2D eigenvalue weighted by atomic mass is 10.1. The van der Waals surface area contributed by atoms with E-state index >= 15 is 0 Å². The van der Waals surface area contributed by atoms with Crippen LogP contribution in [0.5, 0.6) is 0 Å². The summed E-state index contributed by atoms with van der Waals surface area (Å²) in [5.41, 5.74) is 0. The Morgan fingerprint density at radius 1 is 1.22 bits per heavy atom. The van der Waals surface area contributed by atoms with Crippen LogP contribution in [-0.4, -0.2) is 52.1 Å². The fraction of sp³-hybridized carbons (Fsp3) is 0.846. The van der Waals surface area contributed by atoms with Gasteiger partial charge in [0.1, 0.15) is 5.78 Å². The smallest absolute Gasteiger partial charge is 0.222 e. The second kappa shape index (κ2) is 7.48. The zero-order valence-corrected chi connectivity index (χ0v) is 11.0. The predicted octanol–water partition coefficient (Wildman–Crippen LogP) is 0.480. The highest BCUT2D eigenvalue weighted by molar-refractivity contribution is 5.77. The number of hydrogen-bond acceptors (Lipinski definition) is 4. The first-order valence-electron chi connectivity index (χ1n) is 6.62. The van der Waals surface area contributed by atoms with Gasteiger partial charge in [0.25, 0.3) is 0 Å². The highest BCUT2D eigenvalue weighted by Gasteiger charge is 2.33. The minimum absolute atomic E-state index is 0.00609. The van der Waals surface area contributed by atoms with E-state index in [-0.39, 0.29) is 24.3 Å². The normalized spacial score (nSPS) is 23.4. The van der Waals surface area contributed by atoms with Crippen LogP contribution >= 0.6 is 0 Å². The summed E-state index contributed by atoms with van der Waals surface area (Å²) in [5.74, 6) is 0.178. The van der Waals surface area contributed by atoms with E-state index in [1.165, 1.54) is 0 Å². The number of aliphatic hydroxyl groups is 2. The second-order valence-corrected chi connectivity index (χ2v) is 5.03. The molecule has 0 radical (unpaired) electrons. The van der Waals surface area contributed by atoms with Crippen molar-refractivity contribution in [2.75, 3.05) is 13.2 Å². The summed E-state index contributed by atoms with van der Waals surface area (Å²) in [6.07, 6.45) is 3.42. The van der Waals surface area contributed by atoms with E-state index in [1.54, 1.807) is 11.8 Å². The molecule has 5 nitrogen and oxygen atoms in total. The molecular formula is C13H23NO4. The highest BCUT2D eigenvalue weighted by Crippen LogP contribution is 2.19. The summed E-state index contributed by atoms with van der Waals surface area (Å²) in [6.45, 7) is 1.81. The van der Waals surface area contributed by atoms with Crippen molar-refractivity contribution in [3.8, 4) is 0 Å². The molecule has 2 N–H and O–H groups in total. The van der Waals surface area contributed by atoms with Gasteiger partial charge in [-0.2, -0.15) is 0 Å². The molecule has 1 rings (SSSR count). The van der Waals surface area contributed by atoms with Gasteiger partial charge in [0, 0.05) is 19.4 Å². The first-order chi connectivity index (χ1) is 8.54. The topological polar surface area (TPSA) is 77.8 Å². The van der Waals surface area contributed by atoms with Gasteiger partial charge in [0.15, 0.2) is 0 Å². The number of hydrogen-bond donors (Lipinski definition) is 2. The zero-order chi connectivity index (χ0) is 13.5. The Kier molecular flexibility index (Phi) is 6.29. The number of rotatable bonds is 7. The fourth-order valence-electron chi connectivity index (χ4n) is 2.34. The summed E-state index contributed by atoms with van der Waals surface area (Å²) in [4.78, 5) is 24.2. The second-order valence-electron chi connectivity index (χ2n) is 5.03. The lowest BCUT2D eigenvalue weighted by molar-refractivity contribution is -0.133. The Labute approximate surface area is 108 Å². The number of carbonyl (C=O) groups is 2. The minimum Gasteiger partial charge on any atom is -0.394 e. The van der Waals surface area contributed by atoms with Crippen LogP contribution in [0.3, 0.4) is 0 Å². The van der Waals surface area contributed by atoms with Crippen LogP contribution in [0.25, 0.3) is 0 Å². The van der Waals surface area contributed by atoms with Crippen molar-refractivity contribution in [3.63, 3.8) is 0 Å². The number of ketones is 1. The van der Waals surface area contributed by atoms with Crippen LogP contribution in [0.4, 0.5) is 0 Å². The molecule has 5 heteroatoms. The van der Waals surface area contributed by atoms with Gasteiger partial charge in [-0.25, -0.2) is 0 Å². The summed E-state index contributed by atoms with van der Waals surface area (Å²) in [7, 11) is 0. The summed E-state index contributed by atoms with van der Waals surface area (Å²) >= 11 is 0. The van der Waals surface area contributed by atoms with E-state index in [4.69, 9.17) is 5.11 Å². The third-order valence-electron chi connectivity index (χ3n) is 3.34. The number of aliphatic hydroxyl groups excluding tert-OH is 2. The van der Waals surface area contributed by atoms with Crippen molar-refractivity contribution in [3.05, 3.63) is 0 Å². The van der Waals surface area contributed by atoms with Crippen molar-refractivity contribution < 1.29 is 19.8 Å². The Morgan fingerprint density at radius 3 is 2.50 bits per heavy atom. The van der Waals surface area contributed by atoms with Crippen LogP contribution in [0, 0.1) is 0 Å². The summed E-state index contributed by atoms with van der Waals surface area (Å²) in [5, 5.41) is 18.6. The van der Waals surface area contributed by atoms with Gasteiger partial charge in [-0.1, -0.05) is 6.42 Å². The van der Waals surface area contributed by atoms with Crippen molar-refractivity contribution >= 4 is 11.7 Å². The molecule has 1 unspecified atom stereocenters. The molecule has 1 fully saturated rings. The quantitative estimate of drug-likeness (QED) is 0.650. The molecule has 104 valence electrons. The summed E-state index contributed by atoms with van der Waals surface area (Å²) < 4.78 is 0. The van der Waals surface area contributed by atoms with Gasteiger partial charge in [-0.15, -0.1) is 0 Å². The van der Waals surface area contributed by atoms with E-state index in [0.29, 0.717) is 25.8 Å². The van der Waals surface area contributed by atoms with Gasteiger partial charge in [-0.05, 0) is 26.2 Å². The molecular weight excluding hydrogens is 234 g/mol. The van der Waals surface area contributed by atoms with Crippen LogP contribution in [0.2, 0.25) is 0 Å². The Morgan fingerprint density at radius 2 is 1.89 bits per heavy atom. The number of likely N-dealkylation sites (tertiary alicyclic amines) is 1. The Balaban J connectivity index is 2.22. The van der Waals surface area contributed by atoms with E-state index in [0.717, 1.165) is 19.3 Å². The van der Waals surface area contributed by atoms with E-state index in [2.05, 4.69) is 0 Å². The van der Waals surface area contributed by atoms with Crippen LogP contribution in [0.1, 0.15) is 45.4 Å². The predicted molar refractivity (Wildman–Crippen MR) is 67.0 cm³/mol. The van der Waals surface area contributed by atoms with Crippen LogP contribution < -0.4 is 0 Å². The number of nitrogens with zero attached hydrogens (tertiary/aromatic N) is 1. The number of carbonyl (C=O) groups excluding carboxylic acids is 2. The first kappa shape index (κ1) is 15.1. The number of Topliss-reactive ketones (excluding diaryl/α,β-unsaturated/α-hetero) is 1. The molecule has 0 spiro atoms. The molecule has 0 aromatic rings. The average Bonchev–Trinajstić information content (AvgIpc) is 2.69. The Bertz CT molecular complexity index is 293. The SMILES string of the molecule is CC(=O)CCCCCC(=O)N1CC(O)C[C@H]1CO. The molecule has 1 amide bonds. The van der Waals surface area contributed by atoms with Gasteiger partial charge in [-0.3, -0.25) is 4.79 Å². The molecule has 1 saturated heterocycles. The molecule has 2 atom stereocenters. The minimum atomic E-state index is -0.510. The van der Waals surface area contributed by atoms with Crippen molar-refractivity contribution in [1.82, 2.24) is 4.90 Å². The van der Waals surface area contributed by atoms with Gasteiger partial charge in [0.05, 0.1) is 18.8 Å². The van der Waals surface area contributed by atoms with Crippen molar-refractivity contribution in [2.24, 2.45) is 0 Å². The Hall–Kier alpha value is -0.940.